The summed E-state index contributed by atoms with van der Waals surface area (Å²) < 4.78 is 4.71. The smallest absolute Gasteiger partial charge is 0.238 e. The van der Waals surface area contributed by atoms with Crippen LogP contribution >= 0.6 is 0 Å². The number of aromatic nitrogens is 5. The summed E-state index contributed by atoms with van der Waals surface area (Å²) in [5, 5.41) is 4.58. The monoisotopic (exact) mass is 977 g/mol. The van der Waals surface area contributed by atoms with E-state index in [1.54, 1.807) is 0 Å². The molecule has 0 spiro atoms. The highest BCUT2D eigenvalue weighted by molar-refractivity contribution is 6.23. The van der Waals surface area contributed by atoms with E-state index in [2.05, 4.69) is 268 Å². The standard InChI is InChI=1S/C71H55N5/c1-45-70(2,3)61-42-37-54(44-62(61)71(45,4)5)51-29-27-49(28-30-51)50-35-38-56(39-36-50)75-63-25-14-12-23-57(63)59-40-41-60-58-24-13-15-26-64(58)76(66(60)65(59)75)69-73-67(52-33-31-48(32-34-52)46-17-8-6-9-18-46)72-68(74-69)55-22-16-21-53(43-55)47-19-10-7-11-20-47/h6-45H,1-5H3. The Bertz CT molecular complexity index is 4370. The van der Waals surface area contributed by atoms with E-state index in [0.29, 0.717) is 23.5 Å². The zero-order valence-electron chi connectivity index (χ0n) is 43.3. The highest BCUT2D eigenvalue weighted by atomic mass is 15.2. The van der Waals surface area contributed by atoms with Crippen LogP contribution in [0.1, 0.15) is 45.7 Å². The third-order valence-corrected chi connectivity index (χ3v) is 17.0. The largest absolute Gasteiger partial charge is 0.307 e. The van der Waals surface area contributed by atoms with Crippen LogP contribution in [0.15, 0.2) is 237 Å². The summed E-state index contributed by atoms with van der Waals surface area (Å²) in [4.78, 5) is 16.2. The second-order valence-corrected chi connectivity index (χ2v) is 21.8. The highest BCUT2D eigenvalue weighted by Crippen LogP contribution is 2.54. The Morgan fingerprint density at radius 1 is 0.316 bits per heavy atom. The van der Waals surface area contributed by atoms with Crippen LogP contribution in [0.4, 0.5) is 0 Å². The van der Waals surface area contributed by atoms with Crippen LogP contribution in [-0.4, -0.2) is 24.1 Å². The first kappa shape index (κ1) is 45.4. The molecule has 14 rings (SSSR count). The average Bonchev–Trinajstić information content (AvgIpc) is 4.26. The molecule has 0 fully saturated rings. The summed E-state index contributed by atoms with van der Waals surface area (Å²) in [6.07, 6.45) is 0. The summed E-state index contributed by atoms with van der Waals surface area (Å²) in [5.74, 6) is 2.30. The number of hydrogen-bond donors (Lipinski definition) is 0. The number of nitrogens with zero attached hydrogens (tertiary/aromatic N) is 5. The van der Waals surface area contributed by atoms with Gasteiger partial charge >= 0.3 is 0 Å². The molecule has 0 N–H and O–H groups in total. The van der Waals surface area contributed by atoms with Gasteiger partial charge in [0, 0.05) is 38.4 Å². The Balaban J connectivity index is 0.926. The van der Waals surface area contributed by atoms with E-state index < -0.39 is 0 Å². The maximum absolute atomic E-state index is 5.47. The van der Waals surface area contributed by atoms with Crippen molar-refractivity contribution in [2.45, 2.75) is 45.4 Å². The summed E-state index contributed by atoms with van der Waals surface area (Å²) in [6, 6.07) is 85.3. The lowest BCUT2D eigenvalue weighted by Crippen LogP contribution is -2.30. The lowest BCUT2D eigenvalue weighted by Gasteiger charge is -2.32. The topological polar surface area (TPSA) is 48.5 Å². The van der Waals surface area contributed by atoms with E-state index in [-0.39, 0.29) is 10.8 Å². The number of benzene rings is 10. The van der Waals surface area contributed by atoms with Crippen LogP contribution < -0.4 is 0 Å². The Hall–Kier alpha value is -9.19. The van der Waals surface area contributed by atoms with Crippen LogP contribution in [0.2, 0.25) is 0 Å². The number of para-hydroxylation sites is 2. The third kappa shape index (κ3) is 7.25. The predicted molar refractivity (Wildman–Crippen MR) is 316 cm³/mol. The molecule has 0 radical (unpaired) electrons. The molecule has 1 unspecified atom stereocenters. The molecule has 0 saturated carbocycles. The molecule has 1 aliphatic carbocycles. The highest BCUT2D eigenvalue weighted by Gasteiger charge is 2.48. The van der Waals surface area contributed by atoms with Crippen molar-refractivity contribution >= 4 is 43.6 Å². The van der Waals surface area contributed by atoms with Crippen molar-refractivity contribution in [2.24, 2.45) is 5.92 Å². The second-order valence-electron chi connectivity index (χ2n) is 21.8. The van der Waals surface area contributed by atoms with E-state index in [0.717, 1.165) is 77.3 Å². The van der Waals surface area contributed by atoms with Gasteiger partial charge in [0.25, 0.3) is 0 Å². The van der Waals surface area contributed by atoms with Gasteiger partial charge in [-0.2, -0.15) is 9.97 Å². The molecule has 1 atom stereocenters. The predicted octanol–water partition coefficient (Wildman–Crippen LogP) is 18.3. The number of hydrogen-bond acceptors (Lipinski definition) is 3. The summed E-state index contributed by atoms with van der Waals surface area (Å²) >= 11 is 0. The van der Waals surface area contributed by atoms with Gasteiger partial charge in [-0.05, 0) is 103 Å². The minimum absolute atomic E-state index is 0.113. The van der Waals surface area contributed by atoms with E-state index in [1.165, 1.54) is 38.8 Å². The zero-order chi connectivity index (χ0) is 51.3. The van der Waals surface area contributed by atoms with Gasteiger partial charge < -0.3 is 4.57 Å². The Labute approximate surface area is 443 Å². The molecule has 0 bridgehead atoms. The van der Waals surface area contributed by atoms with Gasteiger partial charge in [0.2, 0.25) is 5.95 Å². The molecule has 0 saturated heterocycles. The average molecular weight is 978 g/mol. The first-order chi connectivity index (χ1) is 37.1. The van der Waals surface area contributed by atoms with E-state index >= 15 is 0 Å². The fourth-order valence-corrected chi connectivity index (χ4v) is 12.5. The van der Waals surface area contributed by atoms with Crippen molar-refractivity contribution in [3.8, 4) is 78.9 Å². The van der Waals surface area contributed by atoms with Gasteiger partial charge in [-0.1, -0.05) is 241 Å². The first-order valence-corrected chi connectivity index (χ1v) is 26.5. The first-order valence-electron chi connectivity index (χ1n) is 26.5. The van der Waals surface area contributed by atoms with E-state index in [9.17, 15) is 0 Å². The van der Waals surface area contributed by atoms with Crippen LogP contribution in [0, 0.1) is 5.92 Å². The van der Waals surface area contributed by atoms with Crippen molar-refractivity contribution in [3.05, 3.63) is 248 Å². The molecule has 5 nitrogen and oxygen atoms in total. The lowest BCUT2D eigenvalue weighted by atomic mass is 9.71. The van der Waals surface area contributed by atoms with E-state index in [4.69, 9.17) is 15.0 Å². The molecular weight excluding hydrogens is 923 g/mol. The normalized spacial score (nSPS) is 14.7. The molecule has 76 heavy (non-hydrogen) atoms. The maximum atomic E-state index is 5.47. The van der Waals surface area contributed by atoms with Crippen molar-refractivity contribution in [1.29, 1.82) is 0 Å². The fraction of sp³-hybridized carbons (Fsp3) is 0.113. The quantitative estimate of drug-likeness (QED) is 0.152. The molecular formula is C71H55N5. The minimum atomic E-state index is 0.113. The van der Waals surface area contributed by atoms with Crippen LogP contribution in [0.5, 0.6) is 0 Å². The molecule has 0 aliphatic heterocycles. The van der Waals surface area contributed by atoms with Crippen LogP contribution in [0.25, 0.3) is 123 Å². The maximum Gasteiger partial charge on any atom is 0.238 e. The van der Waals surface area contributed by atoms with Crippen LogP contribution in [0.3, 0.4) is 0 Å². The van der Waals surface area contributed by atoms with Crippen molar-refractivity contribution in [2.75, 3.05) is 0 Å². The van der Waals surface area contributed by atoms with Crippen molar-refractivity contribution in [1.82, 2.24) is 24.1 Å². The SMILES string of the molecule is CC1C(C)(C)c2ccc(-c3ccc(-c4ccc(-n5c6ccccc6c6ccc7c8ccccc8n(-c8nc(-c9ccc(-c%10ccccc%10)cc9)nc(-c9cccc(-c%10ccccc%10)c9)n8)c7c65)cc4)cc3)cc2C1(C)C. The molecule has 0 amide bonds. The molecule has 364 valence electrons. The molecule has 10 aromatic carbocycles. The number of fused-ring (bicyclic) bond motifs is 8. The van der Waals surface area contributed by atoms with E-state index in [1.807, 2.05) is 12.1 Å². The summed E-state index contributed by atoms with van der Waals surface area (Å²) in [6.45, 7) is 12.0. The van der Waals surface area contributed by atoms with Gasteiger partial charge in [0.05, 0.1) is 22.1 Å². The third-order valence-electron chi connectivity index (χ3n) is 17.0. The molecule has 3 aromatic heterocycles. The van der Waals surface area contributed by atoms with Gasteiger partial charge in [-0.25, -0.2) is 4.98 Å². The summed E-state index contributed by atoms with van der Waals surface area (Å²) in [7, 11) is 0. The van der Waals surface area contributed by atoms with Gasteiger partial charge in [-0.3, -0.25) is 4.57 Å². The molecule has 1 aliphatic rings. The molecule has 3 heterocycles. The van der Waals surface area contributed by atoms with Gasteiger partial charge in [0.15, 0.2) is 11.6 Å². The van der Waals surface area contributed by atoms with Gasteiger partial charge in [-0.15, -0.1) is 0 Å². The minimum Gasteiger partial charge on any atom is -0.307 e. The Morgan fingerprint density at radius 2 is 0.724 bits per heavy atom. The summed E-state index contributed by atoms with van der Waals surface area (Å²) in [5.41, 5.74) is 19.7. The number of rotatable bonds is 8. The fourth-order valence-electron chi connectivity index (χ4n) is 12.5. The molecule has 5 heteroatoms. The Kier molecular flexibility index (Phi) is 10.4. The zero-order valence-corrected chi connectivity index (χ0v) is 43.3. The van der Waals surface area contributed by atoms with Gasteiger partial charge in [0.1, 0.15) is 0 Å². The van der Waals surface area contributed by atoms with Crippen molar-refractivity contribution < 1.29 is 0 Å². The second kappa shape index (κ2) is 17.5. The van der Waals surface area contributed by atoms with Crippen molar-refractivity contribution in [3.63, 3.8) is 0 Å². The lowest BCUT2D eigenvalue weighted by molar-refractivity contribution is 0.264. The Morgan fingerprint density at radius 3 is 1.33 bits per heavy atom. The van der Waals surface area contributed by atoms with Crippen LogP contribution in [-0.2, 0) is 10.8 Å². The molecule has 13 aromatic rings.